The summed E-state index contributed by atoms with van der Waals surface area (Å²) in [5.74, 6) is -2.93. The highest BCUT2D eigenvalue weighted by Gasteiger charge is 2.34. The number of hydrogen-bond acceptors (Lipinski definition) is 9. The highest BCUT2D eigenvalue weighted by atomic mass is 35.5. The number of benzene rings is 1. The van der Waals surface area contributed by atoms with Gasteiger partial charge in [-0.05, 0) is 30.7 Å². The van der Waals surface area contributed by atoms with Crippen LogP contribution in [0.1, 0.15) is 23.2 Å². The third-order valence-corrected chi connectivity index (χ3v) is 5.74. The highest BCUT2D eigenvalue weighted by Crippen LogP contribution is 2.27. The minimum absolute atomic E-state index is 0.00669. The normalized spacial score (nSPS) is 15.0. The first kappa shape index (κ1) is 28.0. The molecule has 0 saturated carbocycles. The van der Waals surface area contributed by atoms with Gasteiger partial charge in [0, 0.05) is 43.2 Å². The third-order valence-electron chi connectivity index (χ3n) is 5.55. The number of carboxylic acids is 2. The summed E-state index contributed by atoms with van der Waals surface area (Å²) in [5.41, 5.74) is 5.78. The number of fused-ring (bicyclic) bond motifs is 1. The zero-order chi connectivity index (χ0) is 27.8. The Morgan fingerprint density at radius 1 is 1.21 bits per heavy atom. The molecule has 2 aromatic rings. The zero-order valence-corrected chi connectivity index (χ0v) is 20.7. The summed E-state index contributed by atoms with van der Waals surface area (Å²) in [4.78, 5) is 67.7. The SMILES string of the molecule is Nc1nc2c(c(=O)[nH]1)N(C(=O)NCCCl)C(CNc1ccc(C(=O)NC(CCC(=O)O)C(=O)O)cc1)CN2. The Morgan fingerprint density at radius 3 is 2.55 bits per heavy atom. The van der Waals surface area contributed by atoms with Gasteiger partial charge < -0.3 is 37.2 Å². The van der Waals surface area contributed by atoms with Crippen molar-refractivity contribution in [3.8, 4) is 0 Å². The Morgan fingerprint density at radius 2 is 1.92 bits per heavy atom. The van der Waals surface area contributed by atoms with Crippen LogP contribution in [0.4, 0.5) is 27.9 Å². The number of nitrogens with two attached hydrogens (primary N) is 1. The van der Waals surface area contributed by atoms with Crippen molar-refractivity contribution in [2.24, 2.45) is 0 Å². The number of carbonyl (C=O) groups is 4. The number of rotatable bonds is 11. The molecule has 38 heavy (non-hydrogen) atoms. The van der Waals surface area contributed by atoms with Crippen molar-refractivity contribution in [3.05, 3.63) is 40.2 Å². The molecule has 0 fully saturated rings. The lowest BCUT2D eigenvalue weighted by atomic mass is 10.1. The van der Waals surface area contributed by atoms with Gasteiger partial charge in [-0.2, -0.15) is 4.98 Å². The first-order valence-corrected chi connectivity index (χ1v) is 12.0. The minimum Gasteiger partial charge on any atom is -0.481 e. The van der Waals surface area contributed by atoms with Crippen LogP contribution < -0.4 is 37.5 Å². The van der Waals surface area contributed by atoms with Crippen LogP contribution in [0.5, 0.6) is 0 Å². The van der Waals surface area contributed by atoms with Crippen molar-refractivity contribution < 1.29 is 29.4 Å². The molecule has 0 saturated heterocycles. The van der Waals surface area contributed by atoms with Crippen LogP contribution in [0.15, 0.2) is 29.1 Å². The molecule has 1 aromatic heterocycles. The summed E-state index contributed by atoms with van der Waals surface area (Å²) in [7, 11) is 0. The predicted octanol–water partition coefficient (Wildman–Crippen LogP) is 0.0609. The van der Waals surface area contributed by atoms with E-state index < -0.39 is 47.9 Å². The number of halogens is 1. The average Bonchev–Trinajstić information content (AvgIpc) is 2.87. The van der Waals surface area contributed by atoms with Crippen LogP contribution in [0.2, 0.25) is 0 Å². The van der Waals surface area contributed by atoms with E-state index in [2.05, 4.69) is 31.2 Å². The van der Waals surface area contributed by atoms with Crippen LogP contribution in [-0.4, -0.2) is 81.7 Å². The van der Waals surface area contributed by atoms with Crippen molar-refractivity contribution in [3.63, 3.8) is 0 Å². The maximum atomic E-state index is 12.9. The lowest BCUT2D eigenvalue weighted by molar-refractivity contribution is -0.140. The van der Waals surface area contributed by atoms with E-state index in [1.54, 1.807) is 12.1 Å². The van der Waals surface area contributed by atoms with E-state index in [4.69, 9.17) is 22.4 Å². The number of amides is 3. The Hall–Kier alpha value is -4.53. The van der Waals surface area contributed by atoms with Gasteiger partial charge in [-0.1, -0.05) is 0 Å². The highest BCUT2D eigenvalue weighted by molar-refractivity contribution is 6.18. The molecule has 15 nitrogen and oxygen atoms in total. The van der Waals surface area contributed by atoms with Gasteiger partial charge in [0.2, 0.25) is 5.95 Å². The number of anilines is 4. The summed E-state index contributed by atoms with van der Waals surface area (Å²) in [5, 5.41) is 29.1. The summed E-state index contributed by atoms with van der Waals surface area (Å²) in [6.45, 7) is 0.632. The van der Waals surface area contributed by atoms with E-state index in [0.717, 1.165) is 0 Å². The number of aromatic nitrogens is 2. The molecule has 0 aliphatic carbocycles. The first-order chi connectivity index (χ1) is 18.1. The first-order valence-electron chi connectivity index (χ1n) is 11.5. The van der Waals surface area contributed by atoms with Crippen molar-refractivity contribution in [1.82, 2.24) is 20.6 Å². The second kappa shape index (κ2) is 12.6. The Kier molecular flexibility index (Phi) is 9.32. The summed E-state index contributed by atoms with van der Waals surface area (Å²) in [6, 6.07) is 3.67. The molecule has 2 atom stereocenters. The fourth-order valence-corrected chi connectivity index (χ4v) is 3.83. The van der Waals surface area contributed by atoms with E-state index in [1.807, 2.05) is 0 Å². The number of nitrogens with one attached hydrogen (secondary N) is 5. The van der Waals surface area contributed by atoms with E-state index in [0.29, 0.717) is 5.69 Å². The predicted molar refractivity (Wildman–Crippen MR) is 139 cm³/mol. The van der Waals surface area contributed by atoms with E-state index in [9.17, 15) is 29.1 Å². The van der Waals surface area contributed by atoms with Gasteiger partial charge >= 0.3 is 18.0 Å². The molecule has 0 bridgehead atoms. The number of aromatic amines is 1. The Labute approximate surface area is 220 Å². The number of urea groups is 1. The van der Waals surface area contributed by atoms with Crippen molar-refractivity contribution in [2.75, 3.05) is 46.8 Å². The van der Waals surface area contributed by atoms with Crippen LogP contribution >= 0.6 is 11.6 Å². The monoisotopic (exact) mass is 550 g/mol. The molecule has 1 aliphatic heterocycles. The Bertz CT molecular complexity index is 1250. The van der Waals surface area contributed by atoms with Crippen molar-refractivity contribution >= 4 is 58.6 Å². The summed E-state index contributed by atoms with van der Waals surface area (Å²) < 4.78 is 0. The maximum absolute atomic E-state index is 12.9. The van der Waals surface area contributed by atoms with E-state index >= 15 is 0 Å². The smallest absolute Gasteiger partial charge is 0.326 e. The molecule has 0 spiro atoms. The fourth-order valence-electron chi connectivity index (χ4n) is 3.73. The van der Waals surface area contributed by atoms with E-state index in [-0.39, 0.29) is 55.0 Å². The summed E-state index contributed by atoms with van der Waals surface area (Å²) >= 11 is 5.68. The third kappa shape index (κ3) is 7.03. The molecule has 16 heteroatoms. The average molecular weight is 551 g/mol. The lowest BCUT2D eigenvalue weighted by Crippen LogP contribution is -2.56. The molecule has 3 rings (SSSR count). The minimum atomic E-state index is -1.35. The van der Waals surface area contributed by atoms with E-state index in [1.165, 1.54) is 17.0 Å². The van der Waals surface area contributed by atoms with Crippen molar-refractivity contribution in [2.45, 2.75) is 24.9 Å². The van der Waals surface area contributed by atoms with Crippen LogP contribution in [0, 0.1) is 0 Å². The topological polar surface area (TPSA) is 232 Å². The largest absolute Gasteiger partial charge is 0.481 e. The number of H-pyrrole nitrogens is 1. The number of alkyl halides is 1. The van der Waals surface area contributed by atoms with Gasteiger partial charge in [0.1, 0.15) is 6.04 Å². The van der Waals surface area contributed by atoms with Crippen LogP contribution in [0.3, 0.4) is 0 Å². The number of carboxylic acid groups (broad SMARTS) is 2. The molecular weight excluding hydrogens is 524 g/mol. The number of nitrogens with zero attached hydrogens (tertiary/aromatic N) is 2. The van der Waals surface area contributed by atoms with Gasteiger partial charge in [-0.3, -0.25) is 24.3 Å². The molecule has 3 amide bonds. The molecule has 0 radical (unpaired) electrons. The molecule has 2 unspecified atom stereocenters. The molecular formula is C22H27ClN8O7. The van der Waals surface area contributed by atoms with Gasteiger partial charge in [-0.15, -0.1) is 11.6 Å². The van der Waals surface area contributed by atoms with Gasteiger partial charge in [0.15, 0.2) is 11.5 Å². The van der Waals surface area contributed by atoms with Gasteiger partial charge in [0.05, 0.1) is 6.04 Å². The van der Waals surface area contributed by atoms with Crippen molar-refractivity contribution in [1.29, 1.82) is 0 Å². The number of carbonyl (C=O) groups excluding carboxylic acids is 2. The fraction of sp³-hybridized carbons (Fsp3) is 0.364. The lowest BCUT2D eigenvalue weighted by Gasteiger charge is -2.36. The second-order valence-electron chi connectivity index (χ2n) is 8.23. The quantitative estimate of drug-likeness (QED) is 0.174. The Balaban J connectivity index is 1.69. The van der Waals surface area contributed by atoms with Crippen LogP contribution in [0.25, 0.3) is 0 Å². The van der Waals surface area contributed by atoms with Gasteiger partial charge in [0.25, 0.3) is 11.5 Å². The molecule has 1 aliphatic rings. The second-order valence-corrected chi connectivity index (χ2v) is 8.61. The standard InChI is InChI=1S/C22H27ClN8O7/c23-7-8-25-22(38)31-13(10-27-17-16(31)19(35)30-21(24)29-17)9-26-12-3-1-11(2-4-12)18(34)28-14(20(36)37)5-6-15(32)33/h1-4,13-14,26H,5-10H2,(H,25,38)(H,28,34)(H,32,33)(H,36,37)(H4,24,27,29,30,35). The molecule has 1 aromatic carbocycles. The molecule has 2 heterocycles. The van der Waals surface area contributed by atoms with Crippen LogP contribution in [-0.2, 0) is 9.59 Å². The maximum Gasteiger partial charge on any atom is 0.326 e. The number of hydrogen-bond donors (Lipinski definition) is 8. The number of aliphatic carboxylic acids is 2. The summed E-state index contributed by atoms with van der Waals surface area (Å²) in [6.07, 6.45) is -0.661. The number of nitrogen functional groups attached to an aromatic ring is 1. The molecule has 204 valence electrons. The van der Waals surface area contributed by atoms with Gasteiger partial charge in [-0.25, -0.2) is 9.59 Å². The molecule has 9 N–H and O–H groups in total. The zero-order valence-electron chi connectivity index (χ0n) is 20.0.